The van der Waals surface area contributed by atoms with Crippen LogP contribution in [0.2, 0.25) is 0 Å². The first-order valence-electron chi connectivity index (χ1n) is 5.55. The van der Waals surface area contributed by atoms with Crippen molar-refractivity contribution in [1.29, 1.82) is 0 Å². The van der Waals surface area contributed by atoms with Crippen molar-refractivity contribution in [3.8, 4) is 5.75 Å². The maximum atomic E-state index is 12.2. The Morgan fingerprint density at radius 2 is 2.17 bits per heavy atom. The molecule has 102 valence electrons. The van der Waals surface area contributed by atoms with E-state index < -0.39 is 10.0 Å². The zero-order valence-corrected chi connectivity index (χ0v) is 12.7. The van der Waals surface area contributed by atoms with E-state index in [1.807, 2.05) is 0 Å². The Labute approximate surface area is 116 Å². The Morgan fingerprint density at radius 3 is 2.72 bits per heavy atom. The first-order valence-corrected chi connectivity index (χ1v) is 7.83. The lowest BCUT2D eigenvalue weighted by atomic mass is 10.3. The van der Waals surface area contributed by atoms with Gasteiger partial charge in [0.1, 0.15) is 10.6 Å². The molecule has 0 heterocycles. The SMILES string of the molecule is CCOc1ccc(Br)cc1S(=O)(=O)N[C@H](C)CN. The molecule has 0 saturated heterocycles. The van der Waals surface area contributed by atoms with Gasteiger partial charge in [-0.25, -0.2) is 13.1 Å². The van der Waals surface area contributed by atoms with Gasteiger partial charge < -0.3 is 10.5 Å². The number of hydrogen-bond donors (Lipinski definition) is 2. The third-order valence-electron chi connectivity index (χ3n) is 2.21. The van der Waals surface area contributed by atoms with E-state index in [2.05, 4.69) is 20.7 Å². The highest BCUT2D eigenvalue weighted by Gasteiger charge is 2.21. The Kier molecular flexibility index (Phi) is 5.58. The Bertz CT molecular complexity index is 505. The van der Waals surface area contributed by atoms with Crippen LogP contribution in [0.25, 0.3) is 0 Å². The van der Waals surface area contributed by atoms with Gasteiger partial charge in [0.2, 0.25) is 10.0 Å². The van der Waals surface area contributed by atoms with Gasteiger partial charge in [-0.2, -0.15) is 0 Å². The lowest BCUT2D eigenvalue weighted by Crippen LogP contribution is -2.37. The summed E-state index contributed by atoms with van der Waals surface area (Å²) < 4.78 is 32.9. The number of rotatable bonds is 6. The molecule has 0 fully saturated rings. The van der Waals surface area contributed by atoms with Gasteiger partial charge in [0.15, 0.2) is 0 Å². The number of ether oxygens (including phenoxy) is 1. The van der Waals surface area contributed by atoms with Gasteiger partial charge in [-0.15, -0.1) is 0 Å². The van der Waals surface area contributed by atoms with Crippen molar-refractivity contribution < 1.29 is 13.2 Å². The van der Waals surface area contributed by atoms with Crippen LogP contribution in [0, 0.1) is 0 Å². The molecule has 0 aliphatic heterocycles. The zero-order valence-electron chi connectivity index (χ0n) is 10.3. The Hall–Kier alpha value is -0.630. The molecule has 0 aliphatic rings. The van der Waals surface area contributed by atoms with E-state index in [4.69, 9.17) is 10.5 Å². The molecule has 1 atom stereocenters. The lowest BCUT2D eigenvalue weighted by molar-refractivity contribution is 0.331. The molecule has 1 aromatic carbocycles. The number of hydrogen-bond acceptors (Lipinski definition) is 4. The fourth-order valence-corrected chi connectivity index (χ4v) is 3.28. The smallest absolute Gasteiger partial charge is 0.244 e. The van der Waals surface area contributed by atoms with Crippen molar-refractivity contribution >= 4 is 26.0 Å². The van der Waals surface area contributed by atoms with Crippen LogP contribution >= 0.6 is 15.9 Å². The molecular formula is C11H17BrN2O3S. The molecule has 1 aromatic rings. The summed E-state index contributed by atoms with van der Waals surface area (Å²) >= 11 is 3.25. The highest BCUT2D eigenvalue weighted by atomic mass is 79.9. The van der Waals surface area contributed by atoms with Gasteiger partial charge in [0, 0.05) is 17.1 Å². The summed E-state index contributed by atoms with van der Waals surface area (Å²) in [7, 11) is -3.63. The zero-order chi connectivity index (χ0) is 13.8. The topological polar surface area (TPSA) is 81.4 Å². The van der Waals surface area contributed by atoms with Crippen molar-refractivity contribution in [1.82, 2.24) is 4.72 Å². The van der Waals surface area contributed by atoms with Gasteiger partial charge in [-0.05, 0) is 32.0 Å². The first-order chi connectivity index (χ1) is 8.40. The fraction of sp³-hybridized carbons (Fsp3) is 0.455. The molecule has 5 nitrogen and oxygen atoms in total. The molecule has 7 heteroatoms. The van der Waals surface area contributed by atoms with Crippen LogP contribution < -0.4 is 15.2 Å². The third-order valence-corrected chi connectivity index (χ3v) is 4.31. The summed E-state index contributed by atoms with van der Waals surface area (Å²) in [5, 5.41) is 0. The molecule has 0 bridgehead atoms. The number of sulfonamides is 1. The molecule has 0 unspecified atom stereocenters. The van der Waals surface area contributed by atoms with E-state index >= 15 is 0 Å². The van der Waals surface area contributed by atoms with Crippen LogP contribution in [0.3, 0.4) is 0 Å². The van der Waals surface area contributed by atoms with E-state index in [1.54, 1.807) is 26.0 Å². The minimum atomic E-state index is -3.63. The highest BCUT2D eigenvalue weighted by Crippen LogP contribution is 2.27. The van der Waals surface area contributed by atoms with Crippen LogP contribution in [0.5, 0.6) is 5.75 Å². The molecule has 18 heavy (non-hydrogen) atoms. The van der Waals surface area contributed by atoms with E-state index in [-0.39, 0.29) is 17.5 Å². The van der Waals surface area contributed by atoms with Crippen LogP contribution in [0.1, 0.15) is 13.8 Å². The van der Waals surface area contributed by atoms with Gasteiger partial charge >= 0.3 is 0 Å². The molecule has 0 aromatic heterocycles. The summed E-state index contributed by atoms with van der Waals surface area (Å²) in [6.45, 7) is 4.14. The number of nitrogens with one attached hydrogen (secondary N) is 1. The number of nitrogens with two attached hydrogens (primary N) is 1. The van der Waals surface area contributed by atoms with Crippen LogP contribution in [0.4, 0.5) is 0 Å². The second-order valence-electron chi connectivity index (χ2n) is 3.78. The van der Waals surface area contributed by atoms with Crippen LogP contribution in [-0.4, -0.2) is 27.6 Å². The molecule has 0 saturated carbocycles. The monoisotopic (exact) mass is 336 g/mol. The van der Waals surface area contributed by atoms with E-state index in [1.165, 1.54) is 6.07 Å². The first kappa shape index (κ1) is 15.4. The predicted molar refractivity (Wildman–Crippen MR) is 74.1 cm³/mol. The van der Waals surface area contributed by atoms with Crippen LogP contribution in [0.15, 0.2) is 27.6 Å². The molecular weight excluding hydrogens is 320 g/mol. The second kappa shape index (κ2) is 6.51. The average molecular weight is 337 g/mol. The maximum absolute atomic E-state index is 12.2. The molecule has 0 aliphatic carbocycles. The quantitative estimate of drug-likeness (QED) is 0.824. The predicted octanol–water partition coefficient (Wildman–Crippen LogP) is 1.47. The number of benzene rings is 1. The Balaban J connectivity index is 3.17. The maximum Gasteiger partial charge on any atom is 0.244 e. The molecule has 0 amide bonds. The normalized spacial score (nSPS) is 13.3. The summed E-state index contributed by atoms with van der Waals surface area (Å²) in [6, 6.07) is 4.53. The summed E-state index contributed by atoms with van der Waals surface area (Å²) in [5.41, 5.74) is 5.42. The number of halogens is 1. The molecule has 3 N–H and O–H groups in total. The van der Waals surface area contributed by atoms with Gasteiger partial charge in [-0.1, -0.05) is 15.9 Å². The minimum absolute atomic E-state index is 0.110. The Morgan fingerprint density at radius 1 is 1.50 bits per heavy atom. The third kappa shape index (κ3) is 3.94. The van der Waals surface area contributed by atoms with Crippen molar-refractivity contribution in [2.45, 2.75) is 24.8 Å². The van der Waals surface area contributed by atoms with Crippen molar-refractivity contribution in [2.24, 2.45) is 5.73 Å². The van der Waals surface area contributed by atoms with E-state index in [9.17, 15) is 8.42 Å². The molecule has 0 radical (unpaired) electrons. The van der Waals surface area contributed by atoms with Gasteiger partial charge in [0.25, 0.3) is 0 Å². The lowest BCUT2D eigenvalue weighted by Gasteiger charge is -2.15. The second-order valence-corrected chi connectivity index (χ2v) is 6.38. The summed E-state index contributed by atoms with van der Waals surface area (Å²) in [5.74, 6) is 0.331. The molecule has 0 spiro atoms. The fourth-order valence-electron chi connectivity index (χ4n) is 1.34. The van der Waals surface area contributed by atoms with Gasteiger partial charge in [-0.3, -0.25) is 0 Å². The van der Waals surface area contributed by atoms with Crippen molar-refractivity contribution in [2.75, 3.05) is 13.2 Å². The van der Waals surface area contributed by atoms with E-state index in [0.717, 1.165) is 0 Å². The molecule has 1 rings (SSSR count). The summed E-state index contributed by atoms with van der Waals surface area (Å²) in [6.07, 6.45) is 0. The van der Waals surface area contributed by atoms with E-state index in [0.29, 0.717) is 16.8 Å². The van der Waals surface area contributed by atoms with Crippen molar-refractivity contribution in [3.05, 3.63) is 22.7 Å². The van der Waals surface area contributed by atoms with Gasteiger partial charge in [0.05, 0.1) is 6.61 Å². The van der Waals surface area contributed by atoms with Crippen molar-refractivity contribution in [3.63, 3.8) is 0 Å². The average Bonchev–Trinajstić information content (AvgIpc) is 2.31. The minimum Gasteiger partial charge on any atom is -0.492 e. The summed E-state index contributed by atoms with van der Waals surface area (Å²) in [4.78, 5) is 0.110. The highest BCUT2D eigenvalue weighted by molar-refractivity contribution is 9.10. The van der Waals surface area contributed by atoms with Crippen LogP contribution in [-0.2, 0) is 10.0 Å². The standard InChI is InChI=1S/C11H17BrN2O3S/c1-3-17-10-5-4-9(12)6-11(10)18(15,16)14-8(2)7-13/h4-6,8,14H,3,7,13H2,1-2H3/t8-/m1/s1. The largest absolute Gasteiger partial charge is 0.492 e.